The van der Waals surface area contributed by atoms with Crippen molar-refractivity contribution in [2.75, 3.05) is 6.61 Å². The van der Waals surface area contributed by atoms with Gasteiger partial charge in [-0.2, -0.15) is 0 Å². The first-order valence-electron chi connectivity index (χ1n) is 12.9. The number of carbonyl (C=O) groups is 1. The van der Waals surface area contributed by atoms with E-state index in [2.05, 4.69) is 52.8 Å². The summed E-state index contributed by atoms with van der Waals surface area (Å²) < 4.78 is 0. The zero-order valence-corrected chi connectivity index (χ0v) is 22.5. The lowest BCUT2D eigenvalue weighted by Crippen LogP contribution is -2.52. The highest BCUT2D eigenvalue weighted by molar-refractivity contribution is 5.74. The smallest absolute Gasteiger partial charge is 0.145 e. The van der Waals surface area contributed by atoms with Crippen molar-refractivity contribution in [2.45, 2.75) is 118 Å². The molecule has 0 amide bonds. The van der Waals surface area contributed by atoms with E-state index < -0.39 is 5.60 Å². The van der Waals surface area contributed by atoms with Crippen molar-refractivity contribution in [1.82, 2.24) is 0 Å². The van der Waals surface area contributed by atoms with E-state index in [1.165, 1.54) is 22.3 Å². The van der Waals surface area contributed by atoms with Crippen LogP contribution in [-0.4, -0.2) is 28.7 Å². The zero-order valence-electron chi connectivity index (χ0n) is 22.5. The van der Waals surface area contributed by atoms with Crippen molar-refractivity contribution >= 4 is 6.29 Å². The Hall–Kier alpha value is -1.45. The molecule has 1 aliphatic rings. The molecule has 1 saturated carbocycles. The minimum atomic E-state index is -0.785. The summed E-state index contributed by atoms with van der Waals surface area (Å²) in [5.41, 5.74) is 5.12. The Balaban J connectivity index is 2.83. The summed E-state index contributed by atoms with van der Waals surface area (Å²) in [5.74, 6) is 0.124. The van der Waals surface area contributed by atoms with Crippen molar-refractivity contribution in [1.29, 1.82) is 0 Å². The fraction of sp³-hybridized carbons (Fsp3) is 0.700. The highest BCUT2D eigenvalue weighted by Gasteiger charge is 2.51. The summed E-state index contributed by atoms with van der Waals surface area (Å²) in [6.45, 7) is 14.9. The maximum atomic E-state index is 11.5. The summed E-state index contributed by atoms with van der Waals surface area (Å²) in [6.07, 6.45) is 17.1. The van der Waals surface area contributed by atoms with Gasteiger partial charge in [0.1, 0.15) is 6.29 Å². The lowest BCUT2D eigenvalue weighted by Gasteiger charge is -2.53. The number of hydrogen-bond acceptors (Lipinski definition) is 3. The Morgan fingerprint density at radius 3 is 2.09 bits per heavy atom. The van der Waals surface area contributed by atoms with Crippen LogP contribution in [0.4, 0.5) is 0 Å². The lowest BCUT2D eigenvalue weighted by molar-refractivity contribution is -0.115. The van der Waals surface area contributed by atoms with Gasteiger partial charge in [-0.15, -0.1) is 0 Å². The standard InChI is InChI=1S/C30H50O3/c1-23(2)12-8-13-24(3)14-9-15-25(4)16-10-19-29(6)28(17-11-21-31)27(26(5)22-32)18-20-30(29,7)33/h12,14,16,22,28,31,33H,8-11,13,15,17-21H2,1-7H3/b24-14+,25-16+,27-26+. The highest BCUT2D eigenvalue weighted by atomic mass is 16.3. The van der Waals surface area contributed by atoms with Crippen LogP contribution in [0, 0.1) is 11.3 Å². The van der Waals surface area contributed by atoms with Gasteiger partial charge in [0.05, 0.1) is 5.60 Å². The predicted octanol–water partition coefficient (Wildman–Crippen LogP) is 7.64. The van der Waals surface area contributed by atoms with Gasteiger partial charge in [0.25, 0.3) is 0 Å². The zero-order chi connectivity index (χ0) is 25.1. The molecule has 2 N–H and O–H groups in total. The highest BCUT2D eigenvalue weighted by Crippen LogP contribution is 2.55. The summed E-state index contributed by atoms with van der Waals surface area (Å²) in [4.78, 5) is 11.5. The molecule has 3 unspecified atom stereocenters. The second kappa shape index (κ2) is 14.1. The van der Waals surface area contributed by atoms with Crippen LogP contribution >= 0.6 is 0 Å². The van der Waals surface area contributed by atoms with Gasteiger partial charge in [-0.05, 0) is 117 Å². The monoisotopic (exact) mass is 458 g/mol. The molecule has 1 rings (SSSR count). The molecule has 3 atom stereocenters. The van der Waals surface area contributed by atoms with Crippen molar-refractivity contribution in [2.24, 2.45) is 11.3 Å². The normalized spacial score (nSPS) is 28.0. The third-order valence-corrected chi connectivity index (χ3v) is 7.91. The van der Waals surface area contributed by atoms with Crippen LogP contribution in [0.25, 0.3) is 0 Å². The van der Waals surface area contributed by atoms with Crippen LogP contribution in [0.15, 0.2) is 46.1 Å². The molecule has 33 heavy (non-hydrogen) atoms. The van der Waals surface area contributed by atoms with E-state index in [0.29, 0.717) is 12.8 Å². The summed E-state index contributed by atoms with van der Waals surface area (Å²) in [6, 6.07) is 0. The Kier molecular flexibility index (Phi) is 12.6. The molecule has 188 valence electrons. The molecule has 0 aliphatic heterocycles. The maximum absolute atomic E-state index is 11.5. The molecule has 0 aromatic heterocycles. The fourth-order valence-electron chi connectivity index (χ4n) is 5.33. The van der Waals surface area contributed by atoms with Crippen LogP contribution in [0.1, 0.15) is 113 Å². The molecule has 0 saturated heterocycles. The molecule has 3 nitrogen and oxygen atoms in total. The average molecular weight is 459 g/mol. The molecule has 0 aromatic carbocycles. The maximum Gasteiger partial charge on any atom is 0.145 e. The van der Waals surface area contributed by atoms with Gasteiger partial charge < -0.3 is 10.2 Å². The molecule has 0 bridgehead atoms. The molecule has 1 fully saturated rings. The van der Waals surface area contributed by atoms with E-state index in [-0.39, 0.29) is 17.9 Å². The van der Waals surface area contributed by atoms with Crippen LogP contribution in [0.3, 0.4) is 0 Å². The first-order valence-corrected chi connectivity index (χ1v) is 12.9. The van der Waals surface area contributed by atoms with E-state index >= 15 is 0 Å². The van der Waals surface area contributed by atoms with Crippen LogP contribution < -0.4 is 0 Å². The Bertz CT molecular complexity index is 747. The molecule has 3 heteroatoms. The molecule has 0 heterocycles. The Morgan fingerprint density at radius 2 is 1.55 bits per heavy atom. The number of hydrogen-bond donors (Lipinski definition) is 2. The van der Waals surface area contributed by atoms with Crippen molar-refractivity contribution in [3.8, 4) is 0 Å². The van der Waals surface area contributed by atoms with E-state index in [0.717, 1.165) is 63.2 Å². The topological polar surface area (TPSA) is 57.5 Å². The SMILES string of the molecule is CC(C)=CCC/C(C)=C/CC/C(C)=C/CCC1(C)C(CCCO)/C(=C(\C)C=O)CCC1(C)O. The minimum absolute atomic E-state index is 0.124. The molecular weight excluding hydrogens is 408 g/mol. The van der Waals surface area contributed by atoms with Crippen molar-refractivity contribution in [3.63, 3.8) is 0 Å². The van der Waals surface area contributed by atoms with Gasteiger partial charge in [0.15, 0.2) is 0 Å². The Morgan fingerprint density at radius 1 is 0.970 bits per heavy atom. The molecule has 0 aromatic rings. The van der Waals surface area contributed by atoms with Gasteiger partial charge in [-0.3, -0.25) is 4.79 Å². The first-order chi connectivity index (χ1) is 15.5. The van der Waals surface area contributed by atoms with Crippen LogP contribution in [0.5, 0.6) is 0 Å². The van der Waals surface area contributed by atoms with Gasteiger partial charge in [-0.1, -0.05) is 47.4 Å². The largest absolute Gasteiger partial charge is 0.396 e. The second-order valence-corrected chi connectivity index (χ2v) is 10.9. The number of aliphatic hydroxyl groups excluding tert-OH is 1. The molecular formula is C30H50O3. The number of rotatable bonds is 13. The van der Waals surface area contributed by atoms with Gasteiger partial charge in [0.2, 0.25) is 0 Å². The molecule has 0 spiro atoms. The third-order valence-electron chi connectivity index (χ3n) is 7.91. The lowest BCUT2D eigenvalue weighted by atomic mass is 9.54. The van der Waals surface area contributed by atoms with Gasteiger partial charge in [0, 0.05) is 12.0 Å². The van der Waals surface area contributed by atoms with Gasteiger partial charge >= 0.3 is 0 Å². The van der Waals surface area contributed by atoms with Crippen LogP contribution in [-0.2, 0) is 4.79 Å². The quantitative estimate of drug-likeness (QED) is 0.169. The summed E-state index contributed by atoms with van der Waals surface area (Å²) in [5, 5.41) is 20.9. The number of allylic oxidation sites excluding steroid dienone is 8. The molecule has 1 aliphatic carbocycles. The summed E-state index contributed by atoms with van der Waals surface area (Å²) >= 11 is 0. The number of aliphatic hydroxyl groups is 2. The average Bonchev–Trinajstić information content (AvgIpc) is 2.74. The van der Waals surface area contributed by atoms with E-state index in [1.807, 2.05) is 13.8 Å². The van der Waals surface area contributed by atoms with Crippen molar-refractivity contribution < 1.29 is 15.0 Å². The van der Waals surface area contributed by atoms with E-state index in [9.17, 15) is 15.0 Å². The molecule has 0 radical (unpaired) electrons. The second-order valence-electron chi connectivity index (χ2n) is 10.9. The first kappa shape index (κ1) is 29.6. The summed E-state index contributed by atoms with van der Waals surface area (Å²) in [7, 11) is 0. The van der Waals surface area contributed by atoms with Crippen molar-refractivity contribution in [3.05, 3.63) is 46.1 Å². The van der Waals surface area contributed by atoms with E-state index in [4.69, 9.17) is 0 Å². The Labute approximate surface area is 203 Å². The fourth-order valence-corrected chi connectivity index (χ4v) is 5.33. The van der Waals surface area contributed by atoms with Gasteiger partial charge in [-0.25, -0.2) is 0 Å². The third kappa shape index (κ3) is 9.02. The van der Waals surface area contributed by atoms with Crippen LogP contribution in [0.2, 0.25) is 0 Å². The minimum Gasteiger partial charge on any atom is -0.396 e. The van der Waals surface area contributed by atoms with E-state index in [1.54, 1.807) is 0 Å². The number of aldehydes is 1. The predicted molar refractivity (Wildman–Crippen MR) is 141 cm³/mol. The number of carbonyl (C=O) groups excluding carboxylic acids is 1.